The second-order valence-electron chi connectivity index (χ2n) is 3.90. The topological polar surface area (TPSA) is 21.3 Å². The van der Waals surface area contributed by atoms with Gasteiger partial charge in [0.25, 0.3) is 0 Å². The monoisotopic (exact) mass is 223 g/mol. The lowest BCUT2D eigenvalue weighted by Crippen LogP contribution is -2.15. The number of allylic oxidation sites excluding steroid dienone is 1. The van der Waals surface area contributed by atoms with Gasteiger partial charge in [-0.05, 0) is 27.0 Å². The Labute approximate surface area is 96.1 Å². The number of ether oxygens (including phenoxy) is 1. The van der Waals surface area contributed by atoms with Crippen LogP contribution in [0.15, 0.2) is 29.8 Å². The molecule has 1 rings (SSSR count). The van der Waals surface area contributed by atoms with Crippen molar-refractivity contribution in [2.75, 3.05) is 14.2 Å². The summed E-state index contributed by atoms with van der Waals surface area (Å²) in [6, 6.07) is 4.81. The molecular weight excluding hydrogens is 205 g/mol. The summed E-state index contributed by atoms with van der Waals surface area (Å²) in [4.78, 5) is 0. The Morgan fingerprint density at radius 2 is 2.12 bits per heavy atom. The van der Waals surface area contributed by atoms with Crippen molar-refractivity contribution in [2.24, 2.45) is 0 Å². The van der Waals surface area contributed by atoms with E-state index in [1.165, 1.54) is 13.2 Å². The first-order chi connectivity index (χ1) is 7.58. The van der Waals surface area contributed by atoms with Gasteiger partial charge in [0.05, 0.1) is 13.2 Å². The molecule has 1 aromatic rings. The zero-order chi connectivity index (χ0) is 12.1. The van der Waals surface area contributed by atoms with Crippen LogP contribution >= 0.6 is 0 Å². The zero-order valence-electron chi connectivity index (χ0n) is 10.2. The standard InChI is InChI=1S/C13H18FNO/c1-9(2)7-13(15-3)11-6-5-10(16-4)8-12(11)14/h5-8,13,15H,1-4H3. The Morgan fingerprint density at radius 3 is 2.56 bits per heavy atom. The van der Waals surface area contributed by atoms with Crippen LogP contribution in [0.1, 0.15) is 25.5 Å². The van der Waals surface area contributed by atoms with Gasteiger partial charge in [-0.3, -0.25) is 0 Å². The Bertz CT molecular complexity index is 384. The maximum absolute atomic E-state index is 13.8. The van der Waals surface area contributed by atoms with Crippen molar-refractivity contribution in [3.8, 4) is 5.75 Å². The van der Waals surface area contributed by atoms with Crippen molar-refractivity contribution >= 4 is 0 Å². The third-order valence-electron chi connectivity index (χ3n) is 2.35. The lowest BCUT2D eigenvalue weighted by Gasteiger charge is -2.14. The Hall–Kier alpha value is -1.35. The maximum atomic E-state index is 13.8. The van der Waals surface area contributed by atoms with Gasteiger partial charge in [0.1, 0.15) is 11.6 Å². The van der Waals surface area contributed by atoms with Crippen LogP contribution in [-0.4, -0.2) is 14.2 Å². The van der Waals surface area contributed by atoms with Crippen LogP contribution in [0.5, 0.6) is 5.75 Å². The lowest BCUT2D eigenvalue weighted by molar-refractivity contribution is 0.410. The van der Waals surface area contributed by atoms with Crippen molar-refractivity contribution in [1.29, 1.82) is 0 Å². The highest BCUT2D eigenvalue weighted by Gasteiger charge is 2.12. The van der Waals surface area contributed by atoms with Crippen molar-refractivity contribution in [3.05, 3.63) is 41.2 Å². The van der Waals surface area contributed by atoms with Gasteiger partial charge >= 0.3 is 0 Å². The minimum absolute atomic E-state index is 0.101. The fourth-order valence-corrected chi connectivity index (χ4v) is 1.55. The van der Waals surface area contributed by atoms with Crippen LogP contribution in [0.3, 0.4) is 0 Å². The average Bonchev–Trinajstić information content (AvgIpc) is 2.25. The third kappa shape index (κ3) is 3.07. The first-order valence-electron chi connectivity index (χ1n) is 5.24. The molecule has 1 unspecified atom stereocenters. The van der Waals surface area contributed by atoms with Crippen LogP contribution in [0, 0.1) is 5.82 Å². The summed E-state index contributed by atoms with van der Waals surface area (Å²) in [5.41, 5.74) is 1.78. The van der Waals surface area contributed by atoms with Gasteiger partial charge in [-0.1, -0.05) is 17.7 Å². The SMILES string of the molecule is CNC(C=C(C)C)c1ccc(OC)cc1F. The second-order valence-corrected chi connectivity index (χ2v) is 3.90. The first kappa shape index (κ1) is 12.7. The predicted octanol–water partition coefficient (Wildman–Crippen LogP) is 3.06. The molecule has 2 nitrogen and oxygen atoms in total. The van der Waals surface area contributed by atoms with Gasteiger partial charge in [-0.25, -0.2) is 4.39 Å². The van der Waals surface area contributed by atoms with E-state index in [9.17, 15) is 4.39 Å². The molecule has 0 spiro atoms. The van der Waals surface area contributed by atoms with E-state index in [4.69, 9.17) is 4.74 Å². The molecule has 0 aliphatic carbocycles. The molecule has 3 heteroatoms. The van der Waals surface area contributed by atoms with Crippen LogP contribution in [0.2, 0.25) is 0 Å². The number of rotatable bonds is 4. The molecule has 16 heavy (non-hydrogen) atoms. The largest absolute Gasteiger partial charge is 0.497 e. The number of halogens is 1. The molecular formula is C13H18FNO. The molecule has 0 aromatic heterocycles. The summed E-state index contributed by atoms with van der Waals surface area (Å²) in [5.74, 6) is 0.282. The van der Waals surface area contributed by atoms with E-state index >= 15 is 0 Å². The number of hydrogen-bond acceptors (Lipinski definition) is 2. The molecule has 0 aliphatic heterocycles. The quantitative estimate of drug-likeness (QED) is 0.792. The zero-order valence-corrected chi connectivity index (χ0v) is 10.2. The third-order valence-corrected chi connectivity index (χ3v) is 2.35. The number of hydrogen-bond donors (Lipinski definition) is 1. The van der Waals surface area contributed by atoms with E-state index in [-0.39, 0.29) is 11.9 Å². The molecule has 1 aromatic carbocycles. The van der Waals surface area contributed by atoms with Crippen molar-refractivity contribution in [1.82, 2.24) is 5.32 Å². The molecule has 0 heterocycles. The molecule has 88 valence electrons. The van der Waals surface area contributed by atoms with Crippen LogP contribution in [-0.2, 0) is 0 Å². The van der Waals surface area contributed by atoms with E-state index < -0.39 is 0 Å². The first-order valence-corrected chi connectivity index (χ1v) is 5.24. The number of nitrogens with one attached hydrogen (secondary N) is 1. The summed E-state index contributed by atoms with van der Waals surface area (Å²) < 4.78 is 18.7. The van der Waals surface area contributed by atoms with Gasteiger partial charge in [-0.2, -0.15) is 0 Å². The van der Waals surface area contributed by atoms with Crippen molar-refractivity contribution in [3.63, 3.8) is 0 Å². The van der Waals surface area contributed by atoms with E-state index in [2.05, 4.69) is 5.32 Å². The smallest absolute Gasteiger partial charge is 0.131 e. The number of benzene rings is 1. The summed E-state index contributed by atoms with van der Waals surface area (Å²) in [6.45, 7) is 3.98. The summed E-state index contributed by atoms with van der Waals surface area (Å²) >= 11 is 0. The van der Waals surface area contributed by atoms with Crippen molar-refractivity contribution in [2.45, 2.75) is 19.9 Å². The van der Waals surface area contributed by atoms with Gasteiger partial charge in [0, 0.05) is 11.6 Å². The normalized spacial score (nSPS) is 12.1. The van der Waals surface area contributed by atoms with Crippen molar-refractivity contribution < 1.29 is 9.13 Å². The molecule has 0 saturated carbocycles. The Morgan fingerprint density at radius 1 is 1.44 bits per heavy atom. The molecule has 0 radical (unpaired) electrons. The summed E-state index contributed by atoms with van der Waals surface area (Å²) in [6.07, 6.45) is 1.99. The molecule has 0 aliphatic rings. The summed E-state index contributed by atoms with van der Waals surface area (Å²) in [5, 5.41) is 3.07. The van der Waals surface area contributed by atoms with Gasteiger partial charge in [0.2, 0.25) is 0 Å². The maximum Gasteiger partial charge on any atom is 0.131 e. The fraction of sp³-hybridized carbons (Fsp3) is 0.385. The number of methoxy groups -OCH3 is 1. The fourth-order valence-electron chi connectivity index (χ4n) is 1.55. The molecule has 0 bridgehead atoms. The van der Waals surface area contributed by atoms with Gasteiger partial charge in [0.15, 0.2) is 0 Å². The van der Waals surface area contributed by atoms with E-state index in [0.717, 1.165) is 5.57 Å². The minimum Gasteiger partial charge on any atom is -0.497 e. The Balaban J connectivity index is 3.06. The highest BCUT2D eigenvalue weighted by Crippen LogP contribution is 2.23. The second kappa shape index (κ2) is 5.66. The number of likely N-dealkylation sites (N-methyl/N-ethyl adjacent to an activating group) is 1. The molecule has 1 atom stereocenters. The van der Waals surface area contributed by atoms with E-state index in [1.54, 1.807) is 12.1 Å². The van der Waals surface area contributed by atoms with Crippen LogP contribution < -0.4 is 10.1 Å². The molecule has 0 amide bonds. The lowest BCUT2D eigenvalue weighted by atomic mass is 10.0. The molecule has 1 N–H and O–H groups in total. The van der Waals surface area contributed by atoms with Gasteiger partial charge < -0.3 is 10.1 Å². The van der Waals surface area contributed by atoms with E-state index in [0.29, 0.717) is 11.3 Å². The van der Waals surface area contributed by atoms with Crippen LogP contribution in [0.4, 0.5) is 4.39 Å². The Kier molecular flexibility index (Phi) is 4.50. The predicted molar refractivity (Wildman–Crippen MR) is 64.2 cm³/mol. The molecule has 0 saturated heterocycles. The summed E-state index contributed by atoms with van der Waals surface area (Å²) in [7, 11) is 3.34. The molecule has 0 fully saturated rings. The highest BCUT2D eigenvalue weighted by atomic mass is 19.1. The average molecular weight is 223 g/mol. The minimum atomic E-state index is -0.254. The van der Waals surface area contributed by atoms with E-state index in [1.807, 2.05) is 27.0 Å². The van der Waals surface area contributed by atoms with Crippen LogP contribution in [0.25, 0.3) is 0 Å². The highest BCUT2D eigenvalue weighted by molar-refractivity contribution is 5.33. The van der Waals surface area contributed by atoms with Gasteiger partial charge in [-0.15, -0.1) is 0 Å².